The van der Waals surface area contributed by atoms with Crippen LogP contribution in [-0.4, -0.2) is 34.7 Å². The minimum absolute atomic E-state index is 0.326. The summed E-state index contributed by atoms with van der Waals surface area (Å²) in [6, 6.07) is 0. The van der Waals surface area contributed by atoms with Gasteiger partial charge in [0, 0.05) is 0 Å². The number of halogens is 2. The van der Waals surface area contributed by atoms with E-state index in [0.717, 1.165) is 34.2 Å². The molecule has 2 rings (SSSR count). The maximum absolute atomic E-state index is 9.96. The van der Waals surface area contributed by atoms with Crippen molar-refractivity contribution in [2.45, 2.75) is 79.1 Å². The second-order valence-corrected chi connectivity index (χ2v) is 8.91. The fourth-order valence-corrected chi connectivity index (χ4v) is 3.08. The molecule has 0 aliphatic carbocycles. The first kappa shape index (κ1) is 30.4. The van der Waals surface area contributed by atoms with Gasteiger partial charge in [-0.05, 0) is 39.6 Å². The van der Waals surface area contributed by atoms with E-state index in [1.807, 2.05) is 0 Å². The number of anilines is 2. The van der Waals surface area contributed by atoms with Gasteiger partial charge >= 0.3 is 24.8 Å². The fourth-order valence-electron chi connectivity index (χ4n) is 2.70. The van der Waals surface area contributed by atoms with E-state index in [-0.39, 0.29) is 0 Å². The van der Waals surface area contributed by atoms with Gasteiger partial charge in [-0.25, -0.2) is 19.9 Å². The van der Waals surface area contributed by atoms with Crippen molar-refractivity contribution in [3.05, 3.63) is 33.8 Å². The van der Waals surface area contributed by atoms with Crippen LogP contribution in [-0.2, 0) is 0 Å². The Labute approximate surface area is 209 Å². The molecule has 2 aromatic rings. The summed E-state index contributed by atoms with van der Waals surface area (Å²) >= 11 is 6.50. The van der Waals surface area contributed by atoms with E-state index in [1.54, 1.807) is 6.33 Å². The van der Waals surface area contributed by atoms with Crippen molar-refractivity contribution in [2.24, 2.45) is 4.30 Å². The van der Waals surface area contributed by atoms with Crippen LogP contribution in [0.15, 0.2) is 15.4 Å². The predicted octanol–water partition coefficient (Wildman–Crippen LogP) is 6.14. The van der Waals surface area contributed by atoms with E-state index in [1.165, 1.54) is 0 Å². The summed E-state index contributed by atoms with van der Waals surface area (Å²) in [4.78, 5) is 17.0. The Morgan fingerprint density at radius 1 is 0.875 bits per heavy atom. The van der Waals surface area contributed by atoms with Crippen LogP contribution in [0, 0.1) is 0 Å². The molecule has 0 bridgehead atoms. The van der Waals surface area contributed by atoms with E-state index in [2.05, 4.69) is 116 Å². The molecule has 2 aromatic heterocycles. The van der Waals surface area contributed by atoms with Crippen molar-refractivity contribution >= 4 is 47.8 Å². The standard InChI is InChI=1S/C10H16BrN3.C10H17N3.CH3F.BHNS/c1-5(2)8-7(12)9(6(3)4)14-10(11)13-8;1-6(2)9-8(11)10(7(3)4)13-5-12-9;1-2;1-2-3/h5-6H,12H2,1-4H3;5-7H,11H2,1-4H3;1H3;3H/i;;1D;. The Kier molecular flexibility index (Phi) is 16.1. The van der Waals surface area contributed by atoms with Crippen molar-refractivity contribution in [3.63, 3.8) is 0 Å². The quantitative estimate of drug-likeness (QED) is 0.248. The fraction of sp³-hybridized carbons (Fsp3) is 0.619. The average molecular weight is 530 g/mol. The zero-order chi connectivity index (χ0) is 26.3. The predicted molar refractivity (Wildman–Crippen MR) is 141 cm³/mol. The molecule has 0 saturated carbocycles. The molecule has 0 spiro atoms. The molecule has 1 radical (unpaired) electrons. The molecule has 2 heterocycles. The van der Waals surface area contributed by atoms with Crippen LogP contribution < -0.4 is 11.5 Å². The van der Waals surface area contributed by atoms with Gasteiger partial charge < -0.3 is 11.5 Å². The molecule has 0 unspecified atom stereocenters. The number of nitrogens with two attached hydrogens (primary N) is 2. The molecule has 4 N–H and O–H groups in total. The summed E-state index contributed by atoms with van der Waals surface area (Å²) in [7, 11) is 3.34. The van der Waals surface area contributed by atoms with Gasteiger partial charge in [-0.3, -0.25) is 4.39 Å². The SMILES string of the molecule is CC(C)c1nc(Br)nc(C(C)C)c1N.CC(C)c1ncnc(C(C)C)c1N.[2H]CF.[B]=NS. The van der Waals surface area contributed by atoms with Crippen LogP contribution in [0.1, 0.15) is 103 Å². The monoisotopic (exact) mass is 529 g/mol. The van der Waals surface area contributed by atoms with Gasteiger partial charge in [0.15, 0.2) is 4.73 Å². The zero-order valence-electron chi connectivity index (χ0n) is 21.3. The number of hydrogen-bond acceptors (Lipinski definition) is 8. The molecule has 0 saturated heterocycles. The first-order chi connectivity index (χ1) is 15.3. The topological polar surface area (TPSA) is 116 Å². The second-order valence-electron chi connectivity index (χ2n) is 7.97. The first-order valence-corrected chi connectivity index (χ1v) is 11.3. The number of alkyl halides is 1. The Morgan fingerprint density at radius 2 is 1.12 bits per heavy atom. The summed E-state index contributed by atoms with van der Waals surface area (Å²) in [5.41, 5.74) is 17.2. The molecule has 0 fully saturated rings. The van der Waals surface area contributed by atoms with E-state index in [4.69, 9.17) is 12.8 Å². The van der Waals surface area contributed by atoms with Crippen molar-refractivity contribution in [2.75, 3.05) is 18.6 Å². The first-order valence-electron chi connectivity index (χ1n) is 10.8. The van der Waals surface area contributed by atoms with Crippen LogP contribution in [0.4, 0.5) is 15.8 Å². The molecule has 32 heavy (non-hydrogen) atoms. The van der Waals surface area contributed by atoms with Gasteiger partial charge in [0.05, 0.1) is 42.7 Å². The van der Waals surface area contributed by atoms with Gasteiger partial charge in [0.25, 0.3) is 0 Å². The molecule has 179 valence electrons. The molecule has 0 aromatic carbocycles. The van der Waals surface area contributed by atoms with Crippen LogP contribution in [0.3, 0.4) is 0 Å². The molecule has 0 aliphatic heterocycles. The number of aromatic nitrogens is 4. The van der Waals surface area contributed by atoms with Gasteiger partial charge in [-0.15, -0.1) is 0 Å². The number of nitrogen functional groups attached to an aromatic ring is 2. The van der Waals surface area contributed by atoms with Crippen molar-refractivity contribution in [3.8, 4) is 0 Å². The summed E-state index contributed by atoms with van der Waals surface area (Å²) in [5, 5.41) is 0. The number of hydrogen-bond donors (Lipinski definition) is 3. The second kappa shape index (κ2) is 16.9. The summed E-state index contributed by atoms with van der Waals surface area (Å²) < 4.78 is 18.8. The number of rotatable bonds is 4. The Hall–Kier alpha value is -1.62. The Bertz CT molecular complexity index is 787. The minimum atomic E-state index is -1.00. The van der Waals surface area contributed by atoms with E-state index in [0.29, 0.717) is 28.4 Å². The van der Waals surface area contributed by atoms with E-state index < -0.39 is 7.15 Å². The molecule has 11 heteroatoms. The van der Waals surface area contributed by atoms with E-state index >= 15 is 0 Å². The number of thiol groups is 1. The molecular formula is C21H37BBrFN7S. The maximum atomic E-state index is 9.96. The van der Waals surface area contributed by atoms with Crippen LogP contribution in [0.25, 0.3) is 0 Å². The van der Waals surface area contributed by atoms with Crippen LogP contribution in [0.5, 0.6) is 0 Å². The van der Waals surface area contributed by atoms with Crippen molar-refractivity contribution < 1.29 is 5.76 Å². The van der Waals surface area contributed by atoms with Crippen molar-refractivity contribution in [1.82, 2.24) is 19.9 Å². The van der Waals surface area contributed by atoms with Gasteiger partial charge in [0.1, 0.15) is 6.33 Å². The third-order valence-electron chi connectivity index (χ3n) is 4.11. The third kappa shape index (κ3) is 10.8. The van der Waals surface area contributed by atoms with Gasteiger partial charge in [-0.1, -0.05) is 55.4 Å². The summed E-state index contributed by atoms with van der Waals surface area (Å²) in [6.07, 6.45) is 1.60. The van der Waals surface area contributed by atoms with E-state index in [9.17, 15) is 4.39 Å². The molecule has 0 aliphatic rings. The molecule has 0 atom stereocenters. The van der Waals surface area contributed by atoms with Crippen LogP contribution >= 0.6 is 28.7 Å². The average Bonchev–Trinajstić information content (AvgIpc) is 2.70. The Balaban J connectivity index is 0. The molecular weight excluding hydrogens is 492 g/mol. The van der Waals surface area contributed by atoms with Gasteiger partial charge in [0.2, 0.25) is 0 Å². The summed E-state index contributed by atoms with van der Waals surface area (Å²) in [5.74, 6) is 1.37. The summed E-state index contributed by atoms with van der Waals surface area (Å²) in [6.45, 7) is 16.7. The number of nitrogens with zero attached hydrogens (tertiary/aromatic N) is 5. The molecule has 0 amide bonds. The van der Waals surface area contributed by atoms with Crippen molar-refractivity contribution in [1.29, 1.82) is 0 Å². The molecule has 7 nitrogen and oxygen atoms in total. The Morgan fingerprint density at radius 3 is 1.38 bits per heavy atom. The third-order valence-corrected chi connectivity index (χ3v) is 4.47. The normalized spacial score (nSPS) is 10.5. The van der Waals surface area contributed by atoms with Crippen LogP contribution in [0.2, 0.25) is 0 Å². The van der Waals surface area contributed by atoms with Gasteiger partial charge in [-0.2, -0.15) is 0 Å². The zero-order valence-corrected chi connectivity index (χ0v) is 22.7.